The minimum atomic E-state index is 0. The first-order chi connectivity index (χ1) is 2.39. The molecule has 2 heteroatoms. The van der Waals surface area contributed by atoms with Crippen molar-refractivity contribution in [3.8, 4) is 0 Å². The van der Waals surface area contributed by atoms with Gasteiger partial charge in [0.15, 0.2) is 0 Å². The van der Waals surface area contributed by atoms with Crippen LogP contribution in [-0.4, -0.2) is 11.2 Å². The van der Waals surface area contributed by atoms with E-state index in [2.05, 4.69) is 0 Å². The van der Waals surface area contributed by atoms with Gasteiger partial charge in [-0.1, -0.05) is 0 Å². The average Bonchev–Trinajstić information content (AvgIpc) is 1.30. The summed E-state index contributed by atoms with van der Waals surface area (Å²) < 4.78 is 0. The van der Waals surface area contributed by atoms with Crippen LogP contribution in [0.5, 0.6) is 0 Å². The molecule has 1 nitrogen and oxygen atoms in total. The van der Waals surface area contributed by atoms with Crippen LogP contribution in [0.25, 0.3) is 0 Å². The molecule has 0 aromatic carbocycles. The van der Waals surface area contributed by atoms with Gasteiger partial charge >= 0.3 is 51.4 Å². The van der Waals surface area contributed by atoms with Crippen molar-refractivity contribution in [1.82, 2.24) is 0 Å². The molecule has 30 valence electrons. The Balaban J connectivity index is 0.000000250. The van der Waals surface area contributed by atoms with Crippen molar-refractivity contribution in [1.29, 1.82) is 0 Å². The second-order valence-corrected chi connectivity index (χ2v) is 1.58. The molecule has 0 aliphatic heterocycles. The maximum atomic E-state index is 8.45. The third kappa shape index (κ3) is 2.05. The van der Waals surface area contributed by atoms with Gasteiger partial charge in [0.1, 0.15) is 0 Å². The second-order valence-electron chi connectivity index (χ2n) is 1.58. The van der Waals surface area contributed by atoms with Crippen LogP contribution in [0.15, 0.2) is 0 Å². The van der Waals surface area contributed by atoms with Crippen LogP contribution < -0.4 is 51.4 Å². The van der Waals surface area contributed by atoms with Crippen LogP contribution in [0.3, 0.4) is 0 Å². The predicted molar refractivity (Wildman–Crippen MR) is 19.9 cm³/mol. The van der Waals surface area contributed by atoms with E-state index in [0.29, 0.717) is 0 Å². The zero-order valence-electron chi connectivity index (χ0n) is 4.15. The molecule has 0 radical (unpaired) electrons. The standard InChI is InChI=1S/C4H8O.K/c5-4-2-1-3-4;/h4-5H,1-3H2;/q;+1. The topological polar surface area (TPSA) is 20.2 Å². The summed E-state index contributed by atoms with van der Waals surface area (Å²) in [4.78, 5) is 0. The van der Waals surface area contributed by atoms with Crippen molar-refractivity contribution in [3.63, 3.8) is 0 Å². The van der Waals surface area contributed by atoms with Gasteiger partial charge in [-0.25, -0.2) is 0 Å². The monoisotopic (exact) mass is 111 g/mol. The van der Waals surface area contributed by atoms with Gasteiger partial charge in [0.2, 0.25) is 0 Å². The van der Waals surface area contributed by atoms with Gasteiger partial charge in [-0.2, -0.15) is 0 Å². The van der Waals surface area contributed by atoms with Crippen LogP contribution in [0.2, 0.25) is 0 Å². The normalized spacial score (nSPS) is 21.5. The Kier molecular flexibility index (Phi) is 4.53. The third-order valence-electron chi connectivity index (χ3n) is 1.07. The summed E-state index contributed by atoms with van der Waals surface area (Å²) in [6, 6.07) is 0. The molecule has 1 rings (SSSR count). The Morgan fingerprint density at radius 1 is 1.33 bits per heavy atom. The zero-order chi connectivity index (χ0) is 3.70. The maximum absolute atomic E-state index is 8.45. The Morgan fingerprint density at radius 3 is 1.67 bits per heavy atom. The Bertz CT molecular complexity index is 34.5. The van der Waals surface area contributed by atoms with Gasteiger partial charge in [-0.05, 0) is 19.3 Å². The Labute approximate surface area is 80.5 Å². The van der Waals surface area contributed by atoms with Crippen molar-refractivity contribution in [2.75, 3.05) is 0 Å². The molecule has 0 heterocycles. The minimum absolute atomic E-state index is 0. The maximum Gasteiger partial charge on any atom is 1.00 e. The molecule has 0 amide bonds. The Hall–Kier alpha value is 1.60. The number of aliphatic hydroxyl groups excluding tert-OH is 1. The van der Waals surface area contributed by atoms with Gasteiger partial charge in [-0.15, -0.1) is 0 Å². The van der Waals surface area contributed by atoms with Crippen LogP contribution in [0, 0.1) is 0 Å². The fraction of sp³-hybridized carbons (Fsp3) is 1.00. The van der Waals surface area contributed by atoms with Crippen molar-refractivity contribution >= 4 is 0 Å². The molecule has 0 aromatic rings. The summed E-state index contributed by atoms with van der Waals surface area (Å²) in [7, 11) is 0. The quantitative estimate of drug-likeness (QED) is 0.344. The van der Waals surface area contributed by atoms with Crippen molar-refractivity contribution in [2.24, 2.45) is 0 Å². The summed E-state index contributed by atoms with van der Waals surface area (Å²) in [6.45, 7) is 0. The summed E-state index contributed by atoms with van der Waals surface area (Å²) in [5.74, 6) is 0. The summed E-state index contributed by atoms with van der Waals surface area (Å²) in [5, 5.41) is 8.45. The molecule has 0 aromatic heterocycles. The van der Waals surface area contributed by atoms with Gasteiger partial charge < -0.3 is 5.11 Å². The molecule has 0 saturated heterocycles. The summed E-state index contributed by atoms with van der Waals surface area (Å²) >= 11 is 0. The van der Waals surface area contributed by atoms with E-state index in [-0.39, 0.29) is 57.5 Å². The smallest absolute Gasteiger partial charge is 0.393 e. The SMILES string of the molecule is OC1CCC1.[K+]. The molecule has 1 saturated carbocycles. The first-order valence-electron chi connectivity index (χ1n) is 2.07. The van der Waals surface area contributed by atoms with Crippen molar-refractivity contribution < 1.29 is 56.5 Å². The molecule has 6 heavy (non-hydrogen) atoms. The molecule has 1 N–H and O–H groups in total. The van der Waals surface area contributed by atoms with Crippen LogP contribution in [0.4, 0.5) is 0 Å². The van der Waals surface area contributed by atoms with Crippen LogP contribution >= 0.6 is 0 Å². The minimum Gasteiger partial charge on any atom is -0.393 e. The second kappa shape index (κ2) is 3.58. The largest absolute Gasteiger partial charge is 1.00 e. The molecule has 0 spiro atoms. The molecule has 1 aliphatic carbocycles. The number of hydrogen-bond acceptors (Lipinski definition) is 1. The van der Waals surface area contributed by atoms with Crippen molar-refractivity contribution in [2.45, 2.75) is 25.4 Å². The van der Waals surface area contributed by atoms with Crippen LogP contribution in [-0.2, 0) is 0 Å². The van der Waals surface area contributed by atoms with Crippen LogP contribution in [0.1, 0.15) is 19.3 Å². The third-order valence-corrected chi connectivity index (χ3v) is 1.07. The first-order valence-corrected chi connectivity index (χ1v) is 2.07. The van der Waals surface area contributed by atoms with Gasteiger partial charge in [-0.3, -0.25) is 0 Å². The van der Waals surface area contributed by atoms with E-state index in [1.165, 1.54) is 6.42 Å². The van der Waals surface area contributed by atoms with E-state index in [4.69, 9.17) is 5.11 Å². The molecule has 1 aliphatic rings. The van der Waals surface area contributed by atoms with E-state index in [1.54, 1.807) is 0 Å². The first kappa shape index (κ1) is 7.60. The molecule has 0 unspecified atom stereocenters. The molecular weight excluding hydrogens is 103 g/mol. The average molecular weight is 111 g/mol. The molecule has 0 bridgehead atoms. The van der Waals surface area contributed by atoms with E-state index in [1.807, 2.05) is 0 Å². The Morgan fingerprint density at radius 2 is 1.67 bits per heavy atom. The summed E-state index contributed by atoms with van der Waals surface area (Å²) in [6.07, 6.45) is 3.39. The summed E-state index contributed by atoms with van der Waals surface area (Å²) in [5.41, 5.74) is 0. The van der Waals surface area contributed by atoms with Gasteiger partial charge in [0.05, 0.1) is 6.10 Å². The van der Waals surface area contributed by atoms with Crippen molar-refractivity contribution in [3.05, 3.63) is 0 Å². The van der Waals surface area contributed by atoms with E-state index >= 15 is 0 Å². The zero-order valence-corrected chi connectivity index (χ0v) is 7.27. The van der Waals surface area contributed by atoms with Gasteiger partial charge in [0, 0.05) is 0 Å². The number of rotatable bonds is 0. The van der Waals surface area contributed by atoms with E-state index < -0.39 is 0 Å². The van der Waals surface area contributed by atoms with E-state index in [9.17, 15) is 0 Å². The molecule has 1 fully saturated rings. The molecular formula is C4H8KO+. The van der Waals surface area contributed by atoms with E-state index in [0.717, 1.165) is 12.8 Å². The molecule has 0 atom stereocenters. The predicted octanol–water partition coefficient (Wildman–Crippen LogP) is -2.46. The number of aliphatic hydroxyl groups is 1. The fourth-order valence-corrected chi connectivity index (χ4v) is 0.387. The van der Waals surface area contributed by atoms with Gasteiger partial charge in [0.25, 0.3) is 0 Å². The fourth-order valence-electron chi connectivity index (χ4n) is 0.387. The number of hydrogen-bond donors (Lipinski definition) is 1.